The number of ether oxygens (including phenoxy) is 1. The van der Waals surface area contributed by atoms with Gasteiger partial charge in [0.1, 0.15) is 5.75 Å². The Labute approximate surface area is 95.2 Å². The van der Waals surface area contributed by atoms with E-state index in [2.05, 4.69) is 5.32 Å². The van der Waals surface area contributed by atoms with Gasteiger partial charge in [-0.3, -0.25) is 4.79 Å². The summed E-state index contributed by atoms with van der Waals surface area (Å²) in [4.78, 5) is 11.6. The molecule has 16 heavy (non-hydrogen) atoms. The average Bonchev–Trinajstić information content (AvgIpc) is 2.28. The Morgan fingerprint density at radius 3 is 2.88 bits per heavy atom. The molecular formula is C12H17NO3. The van der Waals surface area contributed by atoms with Crippen molar-refractivity contribution in [1.29, 1.82) is 0 Å². The van der Waals surface area contributed by atoms with Crippen LogP contribution in [0.5, 0.6) is 5.75 Å². The Bertz CT molecular complexity index is 363. The maximum atomic E-state index is 11.6. The zero-order valence-electron chi connectivity index (χ0n) is 9.62. The Balaban J connectivity index is 2.50. The molecule has 4 nitrogen and oxygen atoms in total. The van der Waals surface area contributed by atoms with Gasteiger partial charge in [0.05, 0.1) is 6.61 Å². The summed E-state index contributed by atoms with van der Waals surface area (Å²) in [5, 5.41) is 12.1. The van der Waals surface area contributed by atoms with Crippen molar-refractivity contribution >= 4 is 5.91 Å². The molecule has 0 aliphatic heterocycles. The molecule has 0 fully saturated rings. The highest BCUT2D eigenvalue weighted by Gasteiger charge is 2.06. The van der Waals surface area contributed by atoms with Crippen LogP contribution in [-0.4, -0.2) is 30.8 Å². The van der Waals surface area contributed by atoms with Gasteiger partial charge >= 0.3 is 0 Å². The summed E-state index contributed by atoms with van der Waals surface area (Å²) in [5.74, 6) is 0.0497. The second-order valence-electron chi connectivity index (χ2n) is 3.45. The first-order valence-corrected chi connectivity index (χ1v) is 5.30. The van der Waals surface area contributed by atoms with Crippen molar-refractivity contribution in [1.82, 2.24) is 5.32 Å². The Kier molecular flexibility index (Phi) is 4.79. The lowest BCUT2D eigenvalue weighted by atomic mass is 10.1. The fourth-order valence-corrected chi connectivity index (χ4v) is 1.28. The van der Waals surface area contributed by atoms with Crippen LogP contribution >= 0.6 is 0 Å². The molecule has 4 heteroatoms. The van der Waals surface area contributed by atoms with Gasteiger partial charge in [0.25, 0.3) is 5.91 Å². The molecule has 0 saturated carbocycles. The van der Waals surface area contributed by atoms with Crippen molar-refractivity contribution < 1.29 is 14.6 Å². The minimum absolute atomic E-state index is 0.150. The van der Waals surface area contributed by atoms with Crippen LogP contribution in [-0.2, 0) is 4.74 Å². The summed E-state index contributed by atoms with van der Waals surface area (Å²) < 4.78 is 5.11. The van der Waals surface area contributed by atoms with Crippen LogP contribution < -0.4 is 5.32 Å². The molecule has 0 spiro atoms. The zero-order valence-corrected chi connectivity index (χ0v) is 9.62. The summed E-state index contributed by atoms with van der Waals surface area (Å²) in [5.41, 5.74) is 1.24. The summed E-state index contributed by atoms with van der Waals surface area (Å²) in [6.07, 6.45) is 0. The van der Waals surface area contributed by atoms with E-state index in [-0.39, 0.29) is 11.7 Å². The normalized spacial score (nSPS) is 10.1. The molecule has 0 saturated heterocycles. The summed E-state index contributed by atoms with van der Waals surface area (Å²) in [6, 6.07) is 4.77. The van der Waals surface area contributed by atoms with Crippen LogP contribution in [0.15, 0.2) is 18.2 Å². The lowest BCUT2D eigenvalue weighted by Gasteiger charge is -2.06. The van der Waals surface area contributed by atoms with Crippen molar-refractivity contribution in [3.63, 3.8) is 0 Å². The van der Waals surface area contributed by atoms with E-state index in [1.807, 2.05) is 6.92 Å². The molecule has 1 amide bonds. The van der Waals surface area contributed by atoms with Gasteiger partial charge in [0.15, 0.2) is 0 Å². The number of rotatable bonds is 5. The number of carbonyl (C=O) groups is 1. The molecule has 1 rings (SSSR count). The van der Waals surface area contributed by atoms with E-state index >= 15 is 0 Å². The van der Waals surface area contributed by atoms with Gasteiger partial charge < -0.3 is 15.2 Å². The summed E-state index contributed by atoms with van der Waals surface area (Å²) >= 11 is 0. The van der Waals surface area contributed by atoms with Gasteiger partial charge in [-0.25, -0.2) is 0 Å². The number of carbonyl (C=O) groups excluding carboxylic acids is 1. The summed E-state index contributed by atoms with van der Waals surface area (Å²) in [6.45, 7) is 5.32. The number of aryl methyl sites for hydroxylation is 1. The van der Waals surface area contributed by atoms with Crippen LogP contribution in [0, 0.1) is 6.92 Å². The van der Waals surface area contributed by atoms with Crippen LogP contribution in [0.3, 0.4) is 0 Å². The van der Waals surface area contributed by atoms with E-state index in [1.165, 1.54) is 6.07 Å². The minimum atomic E-state index is -0.150. The van der Waals surface area contributed by atoms with Crippen LogP contribution in [0.25, 0.3) is 0 Å². The number of hydrogen-bond acceptors (Lipinski definition) is 3. The Morgan fingerprint density at radius 1 is 1.50 bits per heavy atom. The fraction of sp³-hybridized carbons (Fsp3) is 0.417. The van der Waals surface area contributed by atoms with Crippen molar-refractivity contribution in [3.8, 4) is 5.75 Å². The molecule has 1 aromatic rings. The molecule has 0 unspecified atom stereocenters. The highest BCUT2D eigenvalue weighted by atomic mass is 16.5. The van der Waals surface area contributed by atoms with Crippen molar-refractivity contribution in [2.75, 3.05) is 19.8 Å². The average molecular weight is 223 g/mol. The van der Waals surface area contributed by atoms with Gasteiger partial charge in [-0.1, -0.05) is 0 Å². The number of benzene rings is 1. The number of aromatic hydroxyl groups is 1. The van der Waals surface area contributed by atoms with Gasteiger partial charge in [0.2, 0.25) is 0 Å². The summed E-state index contributed by atoms with van der Waals surface area (Å²) in [7, 11) is 0. The quantitative estimate of drug-likeness (QED) is 0.743. The SMILES string of the molecule is CCOCCNC(=O)c1ccc(O)c(C)c1. The van der Waals surface area contributed by atoms with E-state index < -0.39 is 0 Å². The van der Waals surface area contributed by atoms with Gasteiger partial charge in [0, 0.05) is 18.7 Å². The molecule has 0 atom stereocenters. The Hall–Kier alpha value is -1.55. The van der Waals surface area contributed by atoms with Crippen molar-refractivity contribution in [3.05, 3.63) is 29.3 Å². The second-order valence-corrected chi connectivity index (χ2v) is 3.45. The molecule has 0 radical (unpaired) electrons. The molecule has 0 bridgehead atoms. The maximum absolute atomic E-state index is 11.6. The maximum Gasteiger partial charge on any atom is 0.251 e. The molecule has 0 aliphatic carbocycles. The van der Waals surface area contributed by atoms with E-state index in [0.29, 0.717) is 30.9 Å². The van der Waals surface area contributed by atoms with Gasteiger partial charge in [-0.2, -0.15) is 0 Å². The van der Waals surface area contributed by atoms with Crippen LogP contribution in [0.1, 0.15) is 22.8 Å². The topological polar surface area (TPSA) is 58.6 Å². The van der Waals surface area contributed by atoms with Crippen LogP contribution in [0.4, 0.5) is 0 Å². The molecular weight excluding hydrogens is 206 g/mol. The molecule has 0 aromatic heterocycles. The Morgan fingerprint density at radius 2 is 2.25 bits per heavy atom. The number of phenolic OH excluding ortho intramolecular Hbond substituents is 1. The first kappa shape index (κ1) is 12.5. The highest BCUT2D eigenvalue weighted by molar-refractivity contribution is 5.94. The van der Waals surface area contributed by atoms with Gasteiger partial charge in [-0.05, 0) is 37.6 Å². The predicted molar refractivity (Wildman–Crippen MR) is 61.7 cm³/mol. The highest BCUT2D eigenvalue weighted by Crippen LogP contribution is 2.16. The van der Waals surface area contributed by atoms with E-state index in [4.69, 9.17) is 4.74 Å². The zero-order chi connectivity index (χ0) is 12.0. The molecule has 88 valence electrons. The predicted octanol–water partition coefficient (Wildman–Crippen LogP) is 1.47. The third-order valence-electron chi connectivity index (χ3n) is 2.20. The molecule has 0 aliphatic rings. The largest absolute Gasteiger partial charge is 0.508 e. The standard InChI is InChI=1S/C12H17NO3/c1-3-16-7-6-13-12(15)10-4-5-11(14)9(2)8-10/h4-5,8,14H,3,6-7H2,1-2H3,(H,13,15). The minimum Gasteiger partial charge on any atom is -0.508 e. The van der Waals surface area contributed by atoms with E-state index in [9.17, 15) is 9.90 Å². The molecule has 0 heterocycles. The van der Waals surface area contributed by atoms with Crippen molar-refractivity contribution in [2.45, 2.75) is 13.8 Å². The third kappa shape index (κ3) is 3.55. The van der Waals surface area contributed by atoms with Crippen molar-refractivity contribution in [2.24, 2.45) is 0 Å². The van der Waals surface area contributed by atoms with Gasteiger partial charge in [-0.15, -0.1) is 0 Å². The number of amides is 1. The number of hydrogen-bond donors (Lipinski definition) is 2. The third-order valence-corrected chi connectivity index (χ3v) is 2.20. The number of phenols is 1. The van der Waals surface area contributed by atoms with Crippen LogP contribution in [0.2, 0.25) is 0 Å². The van der Waals surface area contributed by atoms with E-state index in [0.717, 1.165) is 0 Å². The number of nitrogens with one attached hydrogen (secondary N) is 1. The lowest BCUT2D eigenvalue weighted by Crippen LogP contribution is -2.27. The monoisotopic (exact) mass is 223 g/mol. The van der Waals surface area contributed by atoms with E-state index in [1.54, 1.807) is 19.1 Å². The molecule has 2 N–H and O–H groups in total. The fourth-order valence-electron chi connectivity index (χ4n) is 1.28. The second kappa shape index (κ2) is 6.12. The molecule has 1 aromatic carbocycles. The first-order chi connectivity index (χ1) is 7.65. The first-order valence-electron chi connectivity index (χ1n) is 5.30. The smallest absolute Gasteiger partial charge is 0.251 e. The lowest BCUT2D eigenvalue weighted by molar-refractivity contribution is 0.0922.